The number of carboxylic acid groups (broad SMARTS) is 1. The molecule has 1 fully saturated rings. The fraction of sp³-hybridized carbons (Fsp3) is 0.500. The lowest BCUT2D eigenvalue weighted by atomic mass is 10.2. The van der Waals surface area contributed by atoms with Crippen LogP contribution in [0.5, 0.6) is 0 Å². The number of carboxylic acids is 1. The number of aliphatic carboxylic acids is 1. The standard InChI is InChI=1S/C12H15F2N3O3.C2HF3O2/c1-19-11(18)7-2-8(10(15)17-3-7)5-20-9-4-16-6-12(9,13)14;3-2(4,5)1(6)7/h2-3,9,16H,4-6H2,1H3,(H2,15,17);(H,6,7). The third-order valence-electron chi connectivity index (χ3n) is 3.27. The molecule has 1 aromatic rings. The van der Waals surface area contributed by atoms with Gasteiger partial charge in [0.1, 0.15) is 11.9 Å². The van der Waals surface area contributed by atoms with Gasteiger partial charge in [-0.2, -0.15) is 13.2 Å². The van der Waals surface area contributed by atoms with Gasteiger partial charge in [-0.3, -0.25) is 0 Å². The number of alkyl halides is 5. The normalized spacial score (nSPS) is 18.4. The molecule has 0 aromatic carbocycles. The number of rotatable bonds is 4. The molecule has 1 atom stereocenters. The van der Waals surface area contributed by atoms with Crippen LogP contribution in [-0.4, -0.2) is 60.4 Å². The van der Waals surface area contributed by atoms with Crippen molar-refractivity contribution in [3.63, 3.8) is 0 Å². The van der Waals surface area contributed by atoms with Crippen molar-refractivity contribution in [3.8, 4) is 0 Å². The van der Waals surface area contributed by atoms with Gasteiger partial charge in [-0.15, -0.1) is 0 Å². The van der Waals surface area contributed by atoms with Crippen molar-refractivity contribution >= 4 is 17.8 Å². The van der Waals surface area contributed by atoms with Crippen LogP contribution in [0.4, 0.5) is 27.8 Å². The summed E-state index contributed by atoms with van der Waals surface area (Å²) in [7, 11) is 1.24. The summed E-state index contributed by atoms with van der Waals surface area (Å²) in [5.41, 5.74) is 6.20. The molecule has 2 rings (SSSR count). The Bertz CT molecular complexity index is 684. The fourth-order valence-electron chi connectivity index (χ4n) is 1.87. The van der Waals surface area contributed by atoms with Crippen LogP contribution in [-0.2, 0) is 20.9 Å². The number of pyridine rings is 1. The third-order valence-corrected chi connectivity index (χ3v) is 3.27. The van der Waals surface area contributed by atoms with Crippen LogP contribution in [0.2, 0.25) is 0 Å². The number of nitrogens with two attached hydrogens (primary N) is 1. The number of methoxy groups -OCH3 is 1. The smallest absolute Gasteiger partial charge is 0.475 e. The highest BCUT2D eigenvalue weighted by Gasteiger charge is 2.44. The highest BCUT2D eigenvalue weighted by Crippen LogP contribution is 2.26. The number of halogens is 5. The SMILES string of the molecule is COC(=O)c1cnc(N)c(COC2CNCC2(F)F)c1.O=C(O)C(F)(F)F. The van der Waals surface area contributed by atoms with Crippen LogP contribution in [0.1, 0.15) is 15.9 Å². The second-order valence-corrected chi connectivity index (χ2v) is 5.25. The summed E-state index contributed by atoms with van der Waals surface area (Å²) in [6.07, 6.45) is -5.04. The molecule has 0 aliphatic carbocycles. The van der Waals surface area contributed by atoms with Gasteiger partial charge >= 0.3 is 18.1 Å². The minimum absolute atomic E-state index is 0.0665. The average molecular weight is 401 g/mol. The first-order valence-electron chi connectivity index (χ1n) is 7.21. The van der Waals surface area contributed by atoms with E-state index in [1.54, 1.807) is 0 Å². The molecule has 1 saturated heterocycles. The van der Waals surface area contributed by atoms with Crippen LogP contribution in [0.25, 0.3) is 0 Å². The van der Waals surface area contributed by atoms with Crippen LogP contribution in [0.3, 0.4) is 0 Å². The van der Waals surface area contributed by atoms with E-state index in [4.69, 9.17) is 20.4 Å². The molecule has 0 amide bonds. The predicted molar refractivity (Wildman–Crippen MR) is 80.1 cm³/mol. The number of ether oxygens (including phenoxy) is 2. The molecule has 0 spiro atoms. The zero-order valence-electron chi connectivity index (χ0n) is 13.8. The highest BCUT2D eigenvalue weighted by molar-refractivity contribution is 5.89. The number of hydrogen-bond acceptors (Lipinski definition) is 7. The Kier molecular flexibility index (Phi) is 7.42. The van der Waals surface area contributed by atoms with Gasteiger partial charge in [0.2, 0.25) is 0 Å². The van der Waals surface area contributed by atoms with Crippen LogP contribution in [0.15, 0.2) is 12.3 Å². The van der Waals surface area contributed by atoms with Gasteiger partial charge in [0.15, 0.2) is 0 Å². The van der Waals surface area contributed by atoms with Crippen molar-refractivity contribution in [3.05, 3.63) is 23.4 Å². The zero-order valence-corrected chi connectivity index (χ0v) is 13.8. The first-order valence-corrected chi connectivity index (χ1v) is 7.21. The predicted octanol–water partition coefficient (Wildman–Crippen LogP) is 1.21. The van der Waals surface area contributed by atoms with Crippen molar-refractivity contribution in [2.75, 3.05) is 25.9 Å². The van der Waals surface area contributed by atoms with E-state index in [0.717, 1.165) is 0 Å². The molecule has 1 aliphatic rings. The van der Waals surface area contributed by atoms with Crippen molar-refractivity contribution in [2.45, 2.75) is 24.8 Å². The van der Waals surface area contributed by atoms with E-state index in [2.05, 4.69) is 15.0 Å². The zero-order chi connectivity index (χ0) is 20.8. The van der Waals surface area contributed by atoms with Gasteiger partial charge in [0, 0.05) is 18.3 Å². The van der Waals surface area contributed by atoms with Gasteiger partial charge < -0.3 is 25.6 Å². The van der Waals surface area contributed by atoms with Gasteiger partial charge in [-0.1, -0.05) is 0 Å². The van der Waals surface area contributed by atoms with Gasteiger partial charge in [-0.05, 0) is 6.07 Å². The number of nitrogens with zero attached hydrogens (tertiary/aromatic N) is 1. The van der Waals surface area contributed by atoms with Crippen molar-refractivity contribution in [2.24, 2.45) is 0 Å². The summed E-state index contributed by atoms with van der Waals surface area (Å²) in [4.78, 5) is 24.1. The Morgan fingerprint density at radius 1 is 1.44 bits per heavy atom. The molecule has 0 saturated carbocycles. The lowest BCUT2D eigenvalue weighted by Crippen LogP contribution is -2.34. The number of anilines is 1. The topological polar surface area (TPSA) is 124 Å². The van der Waals surface area contributed by atoms with Crippen LogP contribution >= 0.6 is 0 Å². The second kappa shape index (κ2) is 8.90. The largest absolute Gasteiger partial charge is 0.490 e. The summed E-state index contributed by atoms with van der Waals surface area (Å²) < 4.78 is 68.2. The Labute approximate surface area is 149 Å². The lowest BCUT2D eigenvalue weighted by molar-refractivity contribution is -0.192. The van der Waals surface area contributed by atoms with E-state index >= 15 is 0 Å². The molecule has 1 aromatic heterocycles. The first-order chi connectivity index (χ1) is 12.4. The molecule has 1 unspecified atom stereocenters. The Morgan fingerprint density at radius 2 is 2.04 bits per heavy atom. The molecule has 152 valence electrons. The first kappa shape index (κ1) is 22.5. The number of nitrogens with one attached hydrogen (secondary N) is 1. The molecule has 27 heavy (non-hydrogen) atoms. The maximum absolute atomic E-state index is 13.4. The van der Waals surface area contributed by atoms with Gasteiger partial charge in [-0.25, -0.2) is 23.4 Å². The molecule has 4 N–H and O–H groups in total. The molecular formula is C14H16F5N3O5. The maximum atomic E-state index is 13.4. The van der Waals surface area contributed by atoms with E-state index in [-0.39, 0.29) is 24.5 Å². The fourth-order valence-corrected chi connectivity index (χ4v) is 1.87. The number of esters is 1. The highest BCUT2D eigenvalue weighted by atomic mass is 19.4. The van der Waals surface area contributed by atoms with Crippen molar-refractivity contribution < 1.29 is 46.1 Å². The number of carbonyl (C=O) groups excluding carboxylic acids is 1. The number of hydrogen-bond donors (Lipinski definition) is 3. The molecule has 1 aliphatic heterocycles. The van der Waals surface area contributed by atoms with E-state index in [0.29, 0.717) is 5.56 Å². The summed E-state index contributed by atoms with van der Waals surface area (Å²) >= 11 is 0. The van der Waals surface area contributed by atoms with Crippen molar-refractivity contribution in [1.82, 2.24) is 10.3 Å². The van der Waals surface area contributed by atoms with Crippen LogP contribution < -0.4 is 11.1 Å². The summed E-state index contributed by atoms with van der Waals surface area (Å²) in [6, 6.07) is 1.43. The Balaban J connectivity index is 0.000000445. The molecule has 0 radical (unpaired) electrons. The average Bonchev–Trinajstić information content (AvgIpc) is 2.91. The summed E-state index contributed by atoms with van der Waals surface area (Å²) in [5.74, 6) is -6.12. The molecular weight excluding hydrogens is 385 g/mol. The maximum Gasteiger partial charge on any atom is 0.490 e. The molecule has 0 bridgehead atoms. The summed E-state index contributed by atoms with van der Waals surface area (Å²) in [5, 5.41) is 9.68. The van der Waals surface area contributed by atoms with E-state index < -0.39 is 36.7 Å². The minimum atomic E-state index is -5.08. The van der Waals surface area contributed by atoms with E-state index in [1.807, 2.05) is 0 Å². The van der Waals surface area contributed by atoms with Crippen molar-refractivity contribution in [1.29, 1.82) is 0 Å². The molecule has 2 heterocycles. The monoisotopic (exact) mass is 401 g/mol. The second-order valence-electron chi connectivity index (χ2n) is 5.25. The quantitative estimate of drug-likeness (QED) is 0.508. The number of nitrogen functional groups attached to an aromatic ring is 1. The van der Waals surface area contributed by atoms with E-state index in [9.17, 15) is 26.7 Å². The third kappa shape index (κ3) is 6.60. The van der Waals surface area contributed by atoms with Gasteiger partial charge in [0.25, 0.3) is 5.92 Å². The molecule has 13 heteroatoms. The number of carbonyl (C=O) groups is 2. The minimum Gasteiger partial charge on any atom is -0.475 e. The molecule has 8 nitrogen and oxygen atoms in total. The van der Waals surface area contributed by atoms with E-state index in [1.165, 1.54) is 19.4 Å². The number of aromatic nitrogens is 1. The van der Waals surface area contributed by atoms with Gasteiger partial charge in [0.05, 0.1) is 25.8 Å². The lowest BCUT2D eigenvalue weighted by Gasteiger charge is -2.18. The Hall–Kier alpha value is -2.54. The van der Waals surface area contributed by atoms with Crippen LogP contribution in [0, 0.1) is 0 Å². The Morgan fingerprint density at radius 3 is 2.48 bits per heavy atom. The summed E-state index contributed by atoms with van der Waals surface area (Å²) in [6.45, 7) is -0.490.